The van der Waals surface area contributed by atoms with E-state index in [1.165, 1.54) is 4.90 Å². The zero-order valence-corrected chi connectivity index (χ0v) is 16.4. The quantitative estimate of drug-likeness (QED) is 0.473. The van der Waals surface area contributed by atoms with E-state index in [2.05, 4.69) is 15.3 Å². The van der Waals surface area contributed by atoms with Crippen LogP contribution in [0, 0.1) is 6.92 Å². The SMILES string of the molecule is Cc1ccc(Oc2ccc(N3C(=O)Nc4c(C(=O)O)sc5nccc3c45)cc2)cn1. The number of anilines is 3. The maximum absolute atomic E-state index is 12.8. The van der Waals surface area contributed by atoms with Crippen molar-refractivity contribution in [3.05, 3.63) is 65.4 Å². The highest BCUT2D eigenvalue weighted by molar-refractivity contribution is 7.21. The molecule has 0 bridgehead atoms. The molecule has 2 N–H and O–H groups in total. The molecule has 0 unspecified atom stereocenters. The van der Waals surface area contributed by atoms with Crippen LogP contribution in [0.3, 0.4) is 0 Å². The third-order valence-corrected chi connectivity index (χ3v) is 5.74. The van der Waals surface area contributed by atoms with E-state index >= 15 is 0 Å². The number of aromatic carboxylic acids is 1. The number of thiophene rings is 1. The van der Waals surface area contributed by atoms with Crippen molar-refractivity contribution in [3.8, 4) is 11.5 Å². The van der Waals surface area contributed by atoms with Gasteiger partial charge in [-0.1, -0.05) is 0 Å². The number of nitrogens with one attached hydrogen (secondary N) is 1. The molecule has 0 aliphatic carbocycles. The molecule has 0 radical (unpaired) electrons. The Balaban J connectivity index is 1.51. The molecule has 3 aromatic heterocycles. The molecule has 9 heteroatoms. The second-order valence-corrected chi connectivity index (χ2v) is 7.62. The summed E-state index contributed by atoms with van der Waals surface area (Å²) in [5.41, 5.74) is 2.39. The number of carboxylic acid groups (broad SMARTS) is 1. The van der Waals surface area contributed by atoms with E-state index in [1.54, 1.807) is 42.7 Å². The normalized spacial score (nSPS) is 12.7. The number of rotatable bonds is 4. The molecule has 148 valence electrons. The average molecular weight is 418 g/mol. The highest BCUT2D eigenvalue weighted by Crippen LogP contribution is 2.45. The van der Waals surface area contributed by atoms with Gasteiger partial charge in [-0.3, -0.25) is 9.88 Å². The molecule has 0 fully saturated rings. The summed E-state index contributed by atoms with van der Waals surface area (Å²) in [5, 5.41) is 12.8. The van der Waals surface area contributed by atoms with Crippen LogP contribution >= 0.6 is 11.3 Å². The topological polar surface area (TPSA) is 105 Å². The largest absolute Gasteiger partial charge is 0.477 e. The van der Waals surface area contributed by atoms with Gasteiger partial charge in [0.1, 0.15) is 21.2 Å². The molecule has 0 spiro atoms. The maximum Gasteiger partial charge on any atom is 0.348 e. The van der Waals surface area contributed by atoms with Crippen LogP contribution in [0.5, 0.6) is 11.5 Å². The number of aryl methyl sites for hydroxylation is 1. The summed E-state index contributed by atoms with van der Waals surface area (Å²) >= 11 is 1.04. The lowest BCUT2D eigenvalue weighted by Gasteiger charge is -2.28. The maximum atomic E-state index is 12.8. The predicted molar refractivity (Wildman–Crippen MR) is 113 cm³/mol. The standard InChI is InChI=1S/C21H14N4O4S/c1-11-2-5-14(10-23-11)29-13-6-3-12(4-7-13)25-15-8-9-22-19-16(15)17(24-21(25)28)18(30-19)20(26)27/h2-10H,1H3,(H,24,28)(H,26,27). The first-order valence-electron chi connectivity index (χ1n) is 8.98. The van der Waals surface area contributed by atoms with Crippen LogP contribution in [0.15, 0.2) is 54.9 Å². The van der Waals surface area contributed by atoms with Crippen molar-refractivity contribution in [2.45, 2.75) is 6.92 Å². The van der Waals surface area contributed by atoms with Crippen LogP contribution in [0.2, 0.25) is 0 Å². The summed E-state index contributed by atoms with van der Waals surface area (Å²) in [6.07, 6.45) is 3.21. The number of ether oxygens (including phenoxy) is 1. The van der Waals surface area contributed by atoms with Crippen LogP contribution in [-0.2, 0) is 0 Å². The van der Waals surface area contributed by atoms with Crippen LogP contribution < -0.4 is 15.0 Å². The number of hydrogen-bond donors (Lipinski definition) is 2. The average Bonchev–Trinajstić information content (AvgIpc) is 3.11. The fourth-order valence-corrected chi connectivity index (χ4v) is 4.26. The number of carbonyl (C=O) groups is 2. The van der Waals surface area contributed by atoms with Crippen molar-refractivity contribution in [3.63, 3.8) is 0 Å². The Morgan fingerprint density at radius 1 is 1.10 bits per heavy atom. The molecule has 8 nitrogen and oxygen atoms in total. The van der Waals surface area contributed by atoms with E-state index in [4.69, 9.17) is 4.74 Å². The smallest absolute Gasteiger partial charge is 0.348 e. The Morgan fingerprint density at radius 2 is 1.87 bits per heavy atom. The van der Waals surface area contributed by atoms with Crippen LogP contribution in [0.25, 0.3) is 10.2 Å². The minimum absolute atomic E-state index is 0.0633. The molecule has 1 aliphatic rings. The monoisotopic (exact) mass is 418 g/mol. The number of urea groups is 1. The van der Waals surface area contributed by atoms with Crippen molar-refractivity contribution in [2.75, 3.05) is 10.2 Å². The molecule has 1 aromatic carbocycles. The number of carboxylic acids is 1. The van der Waals surface area contributed by atoms with E-state index in [1.807, 2.05) is 19.1 Å². The summed E-state index contributed by atoms with van der Waals surface area (Å²) in [7, 11) is 0. The van der Waals surface area contributed by atoms with Crippen molar-refractivity contribution in [1.82, 2.24) is 9.97 Å². The van der Waals surface area contributed by atoms with Gasteiger partial charge >= 0.3 is 12.0 Å². The zero-order valence-electron chi connectivity index (χ0n) is 15.6. The number of pyridine rings is 2. The van der Waals surface area contributed by atoms with Gasteiger partial charge in [0.15, 0.2) is 0 Å². The number of amides is 2. The first kappa shape index (κ1) is 18.1. The van der Waals surface area contributed by atoms with Gasteiger partial charge < -0.3 is 15.2 Å². The third-order valence-electron chi connectivity index (χ3n) is 4.66. The summed E-state index contributed by atoms with van der Waals surface area (Å²) in [6.45, 7) is 1.90. The zero-order chi connectivity index (χ0) is 20.8. The number of benzene rings is 1. The van der Waals surface area contributed by atoms with Crippen molar-refractivity contribution >= 4 is 50.6 Å². The lowest BCUT2D eigenvalue weighted by Crippen LogP contribution is -2.34. The summed E-state index contributed by atoms with van der Waals surface area (Å²) in [5.74, 6) is 0.120. The number of carbonyl (C=O) groups excluding carboxylic acids is 1. The second-order valence-electron chi connectivity index (χ2n) is 6.62. The fourth-order valence-electron chi connectivity index (χ4n) is 3.31. The summed E-state index contributed by atoms with van der Waals surface area (Å²) in [6, 6.07) is 12.0. The molecule has 5 rings (SSSR count). The lowest BCUT2D eigenvalue weighted by molar-refractivity contribution is 0.0703. The molecule has 4 heterocycles. The van der Waals surface area contributed by atoms with E-state index in [0.29, 0.717) is 38.8 Å². The van der Waals surface area contributed by atoms with Crippen LogP contribution in [0.4, 0.5) is 21.9 Å². The van der Waals surface area contributed by atoms with Crippen LogP contribution in [-0.4, -0.2) is 27.1 Å². The van der Waals surface area contributed by atoms with Gasteiger partial charge in [0.2, 0.25) is 0 Å². The van der Waals surface area contributed by atoms with Gasteiger partial charge in [-0.25, -0.2) is 14.6 Å². The Hall–Kier alpha value is -3.98. The van der Waals surface area contributed by atoms with Gasteiger partial charge in [-0.05, 0) is 49.4 Å². The van der Waals surface area contributed by atoms with Gasteiger partial charge in [0.25, 0.3) is 0 Å². The lowest BCUT2D eigenvalue weighted by atomic mass is 10.1. The van der Waals surface area contributed by atoms with Crippen molar-refractivity contribution < 1.29 is 19.4 Å². The third kappa shape index (κ3) is 2.92. The molecule has 30 heavy (non-hydrogen) atoms. The molecule has 1 aliphatic heterocycles. The van der Waals surface area contributed by atoms with E-state index in [9.17, 15) is 14.7 Å². The van der Waals surface area contributed by atoms with Gasteiger partial charge in [-0.2, -0.15) is 0 Å². The van der Waals surface area contributed by atoms with Crippen LogP contribution in [0.1, 0.15) is 15.4 Å². The fraction of sp³-hybridized carbons (Fsp3) is 0.0476. The summed E-state index contributed by atoms with van der Waals surface area (Å²) < 4.78 is 5.79. The Labute approximate surface area is 174 Å². The number of hydrogen-bond acceptors (Lipinski definition) is 6. The van der Waals surface area contributed by atoms with E-state index in [0.717, 1.165) is 17.0 Å². The number of nitrogens with zero attached hydrogens (tertiary/aromatic N) is 3. The van der Waals surface area contributed by atoms with Crippen molar-refractivity contribution in [2.24, 2.45) is 0 Å². The molecule has 0 saturated heterocycles. The molecule has 0 atom stereocenters. The van der Waals surface area contributed by atoms with Gasteiger partial charge in [-0.15, -0.1) is 11.3 Å². The molecule has 4 aromatic rings. The van der Waals surface area contributed by atoms with Gasteiger partial charge in [0.05, 0.1) is 28.6 Å². The van der Waals surface area contributed by atoms with Gasteiger partial charge in [0, 0.05) is 11.9 Å². The molecular formula is C21H14N4O4S. The minimum Gasteiger partial charge on any atom is -0.477 e. The van der Waals surface area contributed by atoms with Crippen molar-refractivity contribution in [1.29, 1.82) is 0 Å². The summed E-state index contributed by atoms with van der Waals surface area (Å²) in [4.78, 5) is 35.0. The number of aromatic nitrogens is 2. The predicted octanol–water partition coefficient (Wildman–Crippen LogP) is 5.17. The molecule has 0 saturated carbocycles. The van der Waals surface area contributed by atoms with E-state index in [-0.39, 0.29) is 4.88 Å². The molecular weight excluding hydrogens is 404 g/mol. The molecule has 2 amide bonds. The Morgan fingerprint density at radius 3 is 2.57 bits per heavy atom. The Kier molecular flexibility index (Phi) is 4.11. The first-order valence-corrected chi connectivity index (χ1v) is 9.79. The Bertz CT molecular complexity index is 1300. The highest BCUT2D eigenvalue weighted by atomic mass is 32.1. The second kappa shape index (κ2) is 6.82. The first-order chi connectivity index (χ1) is 14.5. The minimum atomic E-state index is -1.10. The highest BCUT2D eigenvalue weighted by Gasteiger charge is 2.32. The van der Waals surface area contributed by atoms with E-state index < -0.39 is 12.0 Å².